The molecule has 0 heterocycles. The molecule has 1 rings (SSSR count). The van der Waals surface area contributed by atoms with E-state index in [4.69, 9.17) is 16.7 Å². The van der Waals surface area contributed by atoms with Gasteiger partial charge in [0.1, 0.15) is 0 Å². The summed E-state index contributed by atoms with van der Waals surface area (Å²) < 4.78 is 0. The van der Waals surface area contributed by atoms with E-state index in [-0.39, 0.29) is 12.5 Å². The number of unbranched alkanes of at least 4 members (excludes halogenated alkanes) is 2. The largest absolute Gasteiger partial charge is 0.396 e. The first-order valence-corrected chi connectivity index (χ1v) is 8.33. The van der Waals surface area contributed by atoms with Gasteiger partial charge in [-0.05, 0) is 37.0 Å². The number of benzene rings is 1. The summed E-state index contributed by atoms with van der Waals surface area (Å²) >= 11 is 7.52. The number of rotatable bonds is 9. The topological polar surface area (TPSA) is 40.5 Å². The van der Waals surface area contributed by atoms with Gasteiger partial charge in [0.15, 0.2) is 0 Å². The lowest BCUT2D eigenvalue weighted by Gasteiger charge is -2.16. The van der Waals surface area contributed by atoms with E-state index < -0.39 is 0 Å². The molecule has 20 heavy (non-hydrogen) atoms. The first-order valence-electron chi connectivity index (χ1n) is 6.80. The molecular formula is C15H22ClNO2S. The van der Waals surface area contributed by atoms with Crippen molar-refractivity contribution in [1.29, 1.82) is 0 Å². The summed E-state index contributed by atoms with van der Waals surface area (Å²) in [5.74, 6) is 1.44. The molecule has 0 unspecified atom stereocenters. The van der Waals surface area contributed by atoms with E-state index in [9.17, 15) is 4.79 Å². The molecule has 0 bridgehead atoms. The van der Waals surface area contributed by atoms with Crippen LogP contribution >= 0.6 is 23.4 Å². The molecule has 0 aliphatic carbocycles. The molecule has 1 N–H and O–H groups in total. The Morgan fingerprint density at radius 1 is 1.35 bits per heavy atom. The van der Waals surface area contributed by atoms with Crippen molar-refractivity contribution in [3.63, 3.8) is 0 Å². The third kappa shape index (κ3) is 7.17. The Morgan fingerprint density at radius 3 is 2.85 bits per heavy atom. The number of halogens is 1. The fraction of sp³-hybridized carbons (Fsp3) is 0.533. The van der Waals surface area contributed by atoms with Crippen LogP contribution in [0.15, 0.2) is 24.3 Å². The van der Waals surface area contributed by atoms with E-state index in [0.29, 0.717) is 5.75 Å². The van der Waals surface area contributed by atoms with Crippen LogP contribution in [0.5, 0.6) is 0 Å². The van der Waals surface area contributed by atoms with Crippen LogP contribution in [0.1, 0.15) is 24.8 Å². The summed E-state index contributed by atoms with van der Waals surface area (Å²) in [5.41, 5.74) is 1.14. The van der Waals surface area contributed by atoms with E-state index in [1.807, 2.05) is 31.3 Å². The Bertz CT molecular complexity index is 415. The second-order valence-corrected chi connectivity index (χ2v) is 6.14. The Morgan fingerprint density at radius 2 is 2.15 bits per heavy atom. The van der Waals surface area contributed by atoms with Crippen LogP contribution < -0.4 is 0 Å². The predicted molar refractivity (Wildman–Crippen MR) is 86.2 cm³/mol. The van der Waals surface area contributed by atoms with Crippen molar-refractivity contribution < 1.29 is 9.90 Å². The number of nitrogens with zero attached hydrogens (tertiary/aromatic N) is 1. The number of thioether (sulfide) groups is 1. The zero-order chi connectivity index (χ0) is 14.8. The van der Waals surface area contributed by atoms with Crippen molar-refractivity contribution in [1.82, 2.24) is 4.90 Å². The molecule has 0 aliphatic rings. The Balaban J connectivity index is 2.19. The van der Waals surface area contributed by atoms with Crippen LogP contribution in [0.2, 0.25) is 5.02 Å². The van der Waals surface area contributed by atoms with Crippen LogP contribution in [-0.2, 0) is 10.5 Å². The van der Waals surface area contributed by atoms with E-state index >= 15 is 0 Å². The molecular weight excluding hydrogens is 294 g/mol. The van der Waals surface area contributed by atoms with E-state index in [1.165, 1.54) is 0 Å². The third-order valence-electron chi connectivity index (χ3n) is 2.96. The fourth-order valence-electron chi connectivity index (χ4n) is 1.76. The van der Waals surface area contributed by atoms with E-state index in [1.54, 1.807) is 16.7 Å². The number of aliphatic hydroxyl groups excluding tert-OH is 1. The summed E-state index contributed by atoms with van der Waals surface area (Å²) in [5, 5.41) is 9.42. The smallest absolute Gasteiger partial charge is 0.232 e. The zero-order valence-corrected chi connectivity index (χ0v) is 13.4. The van der Waals surface area contributed by atoms with E-state index in [2.05, 4.69) is 0 Å². The molecule has 1 aromatic carbocycles. The molecule has 0 aliphatic heterocycles. The summed E-state index contributed by atoms with van der Waals surface area (Å²) in [7, 11) is 1.83. The van der Waals surface area contributed by atoms with Crippen LogP contribution in [-0.4, -0.2) is 41.9 Å². The lowest BCUT2D eigenvalue weighted by molar-refractivity contribution is -0.127. The predicted octanol–water partition coefficient (Wildman–Crippen LogP) is 3.19. The van der Waals surface area contributed by atoms with E-state index in [0.717, 1.165) is 42.1 Å². The molecule has 112 valence electrons. The number of hydrogen-bond donors (Lipinski definition) is 1. The fourth-order valence-corrected chi connectivity index (χ4v) is 2.88. The standard InChI is InChI=1S/C15H22ClNO2S/c1-17(8-3-2-4-9-18)15(19)12-20-11-13-6-5-7-14(16)10-13/h5-7,10,18H,2-4,8-9,11-12H2,1H3. The highest BCUT2D eigenvalue weighted by Crippen LogP contribution is 2.16. The number of aliphatic hydroxyl groups is 1. The van der Waals surface area contributed by atoms with Crippen molar-refractivity contribution in [2.75, 3.05) is 26.0 Å². The van der Waals surface area contributed by atoms with Crippen LogP contribution in [0, 0.1) is 0 Å². The lowest BCUT2D eigenvalue weighted by Crippen LogP contribution is -2.29. The Labute approximate surface area is 130 Å². The molecule has 3 nitrogen and oxygen atoms in total. The highest BCUT2D eigenvalue weighted by atomic mass is 35.5. The van der Waals surface area contributed by atoms with Gasteiger partial charge < -0.3 is 10.0 Å². The zero-order valence-electron chi connectivity index (χ0n) is 11.8. The highest BCUT2D eigenvalue weighted by molar-refractivity contribution is 7.99. The van der Waals surface area contributed by atoms with Crippen LogP contribution in [0.25, 0.3) is 0 Å². The van der Waals surface area contributed by atoms with Gasteiger partial charge in [-0.15, -0.1) is 11.8 Å². The molecule has 0 radical (unpaired) electrons. The monoisotopic (exact) mass is 315 g/mol. The first kappa shape index (κ1) is 17.3. The molecule has 0 fully saturated rings. The quantitative estimate of drug-likeness (QED) is 0.711. The van der Waals surface area contributed by atoms with Crippen molar-refractivity contribution >= 4 is 29.3 Å². The first-order chi connectivity index (χ1) is 9.63. The van der Waals surface area contributed by atoms with Crippen molar-refractivity contribution in [3.8, 4) is 0 Å². The van der Waals surface area contributed by atoms with Crippen LogP contribution in [0.3, 0.4) is 0 Å². The molecule has 5 heteroatoms. The minimum atomic E-state index is 0.154. The number of carbonyl (C=O) groups is 1. The molecule has 0 atom stereocenters. The van der Waals surface area contributed by atoms with Gasteiger partial charge in [-0.1, -0.05) is 23.7 Å². The maximum Gasteiger partial charge on any atom is 0.232 e. The summed E-state index contributed by atoms with van der Waals surface area (Å²) in [6.07, 6.45) is 2.72. The second-order valence-electron chi connectivity index (χ2n) is 4.72. The summed E-state index contributed by atoms with van der Waals surface area (Å²) in [6.45, 7) is 0.990. The molecule has 0 saturated heterocycles. The maximum atomic E-state index is 11.9. The van der Waals surface area contributed by atoms with Gasteiger partial charge in [-0.3, -0.25) is 4.79 Å². The second kappa shape index (κ2) is 10.1. The molecule has 1 amide bonds. The van der Waals surface area contributed by atoms with Crippen molar-refractivity contribution in [3.05, 3.63) is 34.9 Å². The Hall–Kier alpha value is -0.710. The molecule has 0 aromatic heterocycles. The Kier molecular flexibility index (Phi) is 8.74. The highest BCUT2D eigenvalue weighted by Gasteiger charge is 2.08. The minimum Gasteiger partial charge on any atom is -0.396 e. The average Bonchev–Trinajstić information content (AvgIpc) is 2.43. The van der Waals surface area contributed by atoms with Gasteiger partial charge in [-0.25, -0.2) is 0 Å². The normalized spacial score (nSPS) is 10.6. The summed E-state index contributed by atoms with van der Waals surface area (Å²) in [6, 6.07) is 7.72. The summed E-state index contributed by atoms with van der Waals surface area (Å²) in [4.78, 5) is 13.7. The minimum absolute atomic E-state index is 0.154. The average molecular weight is 316 g/mol. The van der Waals surface area contributed by atoms with Crippen molar-refractivity contribution in [2.24, 2.45) is 0 Å². The number of carbonyl (C=O) groups excluding carboxylic acids is 1. The molecule has 0 spiro atoms. The van der Waals surface area contributed by atoms with Gasteiger partial charge in [0.05, 0.1) is 5.75 Å². The van der Waals surface area contributed by atoms with Gasteiger partial charge in [0.25, 0.3) is 0 Å². The van der Waals surface area contributed by atoms with Gasteiger partial charge >= 0.3 is 0 Å². The maximum absolute atomic E-state index is 11.9. The molecule has 1 aromatic rings. The number of hydrogen-bond acceptors (Lipinski definition) is 3. The SMILES string of the molecule is CN(CCCCCO)C(=O)CSCc1cccc(Cl)c1. The van der Waals surface area contributed by atoms with Gasteiger partial charge in [0.2, 0.25) is 5.91 Å². The van der Waals surface area contributed by atoms with Crippen molar-refractivity contribution in [2.45, 2.75) is 25.0 Å². The lowest BCUT2D eigenvalue weighted by atomic mass is 10.2. The number of amides is 1. The third-order valence-corrected chi connectivity index (χ3v) is 4.18. The van der Waals surface area contributed by atoms with Gasteiger partial charge in [0, 0.05) is 31.0 Å². The van der Waals surface area contributed by atoms with Crippen LogP contribution in [0.4, 0.5) is 0 Å². The molecule has 0 saturated carbocycles. The van der Waals surface area contributed by atoms with Gasteiger partial charge in [-0.2, -0.15) is 0 Å².